The normalized spacial score (nSPS) is 16.3. The molecule has 11 heteroatoms. The molecule has 184 valence electrons. The van der Waals surface area contributed by atoms with Gasteiger partial charge in [-0.3, -0.25) is 9.78 Å². The van der Waals surface area contributed by atoms with Crippen LogP contribution in [0.1, 0.15) is 52.2 Å². The molecular formula is C24H23F3N4O4. The maximum atomic E-state index is 13.6. The number of ketones is 1. The van der Waals surface area contributed by atoms with E-state index in [-0.39, 0.29) is 23.8 Å². The second-order valence-electron chi connectivity index (χ2n) is 8.43. The van der Waals surface area contributed by atoms with Gasteiger partial charge in [-0.15, -0.1) is 0 Å². The fourth-order valence-electron chi connectivity index (χ4n) is 3.92. The number of methoxy groups -OCH3 is 1. The van der Waals surface area contributed by atoms with Crippen LogP contribution in [0.2, 0.25) is 0 Å². The van der Waals surface area contributed by atoms with Gasteiger partial charge in [0.15, 0.2) is 5.69 Å². The van der Waals surface area contributed by atoms with Gasteiger partial charge in [-0.25, -0.2) is 9.78 Å². The molecule has 0 saturated carbocycles. The molecular weight excluding hydrogens is 465 g/mol. The number of oxazole rings is 1. The van der Waals surface area contributed by atoms with E-state index in [1.54, 1.807) is 17.0 Å². The number of halogens is 3. The van der Waals surface area contributed by atoms with E-state index in [1.165, 1.54) is 31.6 Å². The predicted molar refractivity (Wildman–Crippen MR) is 119 cm³/mol. The molecule has 8 nitrogen and oxygen atoms in total. The Morgan fingerprint density at radius 2 is 1.86 bits per heavy atom. The van der Waals surface area contributed by atoms with Crippen molar-refractivity contribution in [1.82, 2.24) is 15.0 Å². The zero-order chi connectivity index (χ0) is 25.2. The van der Waals surface area contributed by atoms with Crippen molar-refractivity contribution in [2.75, 3.05) is 25.1 Å². The number of ether oxygens (including phenoxy) is 1. The zero-order valence-corrected chi connectivity index (χ0v) is 19.1. The summed E-state index contributed by atoms with van der Waals surface area (Å²) in [5.41, 5.74) is 0.428. The molecule has 0 amide bonds. The Hall–Kier alpha value is -3.76. The first-order valence-electron chi connectivity index (χ1n) is 11.0. The van der Waals surface area contributed by atoms with Crippen molar-refractivity contribution in [3.05, 3.63) is 59.5 Å². The highest BCUT2D eigenvalue weighted by atomic mass is 19.4. The average molecular weight is 488 g/mol. The van der Waals surface area contributed by atoms with E-state index in [1.807, 2.05) is 6.92 Å². The smallest absolute Gasteiger partial charge is 0.437 e. The van der Waals surface area contributed by atoms with Gasteiger partial charge in [0, 0.05) is 42.3 Å². The summed E-state index contributed by atoms with van der Waals surface area (Å²) >= 11 is 0. The molecule has 35 heavy (non-hydrogen) atoms. The first kappa shape index (κ1) is 24.4. The third-order valence-corrected chi connectivity index (χ3v) is 5.72. The molecule has 3 aromatic heterocycles. The summed E-state index contributed by atoms with van der Waals surface area (Å²) in [5.74, 6) is -1.93. The van der Waals surface area contributed by atoms with Crippen molar-refractivity contribution < 1.29 is 31.9 Å². The lowest BCUT2D eigenvalue weighted by Crippen LogP contribution is -2.34. The van der Waals surface area contributed by atoms with Gasteiger partial charge in [-0.05, 0) is 30.9 Å². The monoisotopic (exact) mass is 488 g/mol. The van der Waals surface area contributed by atoms with Gasteiger partial charge in [-0.2, -0.15) is 18.2 Å². The Labute approximate surface area is 199 Å². The lowest BCUT2D eigenvalue weighted by Gasteiger charge is -2.29. The van der Waals surface area contributed by atoms with Crippen LogP contribution in [0.3, 0.4) is 0 Å². The van der Waals surface area contributed by atoms with Gasteiger partial charge in [0.2, 0.25) is 11.5 Å². The number of alkyl halides is 3. The molecule has 1 aliphatic heterocycles. The first-order chi connectivity index (χ1) is 16.7. The number of carbonyl (C=O) groups excluding carboxylic acids is 2. The standard InChI is InChI=1S/C24H23F3N4O4/c1-14-4-3-9-31(13-14)23-30-21(24(25,26)27)20(35-23)19(32)10-17-7-5-15(11-28-17)16-6-8-18(29-12-16)22(33)34-2/h5-8,11-12,14H,3-4,9-10,13H2,1-2H3. The number of pyridine rings is 2. The van der Waals surface area contributed by atoms with E-state index in [0.717, 1.165) is 12.8 Å². The van der Waals surface area contributed by atoms with Gasteiger partial charge in [0.25, 0.3) is 6.01 Å². The Morgan fingerprint density at radius 3 is 2.43 bits per heavy atom. The Bertz CT molecular complexity index is 1210. The molecule has 1 aliphatic rings. The van der Waals surface area contributed by atoms with Crippen molar-refractivity contribution in [1.29, 1.82) is 0 Å². The molecule has 0 N–H and O–H groups in total. The molecule has 1 fully saturated rings. The van der Waals surface area contributed by atoms with Gasteiger partial charge in [-0.1, -0.05) is 19.1 Å². The van der Waals surface area contributed by atoms with Gasteiger partial charge in [0.05, 0.1) is 13.5 Å². The number of rotatable bonds is 6. The van der Waals surface area contributed by atoms with E-state index < -0.39 is 29.4 Å². The molecule has 0 spiro atoms. The molecule has 0 radical (unpaired) electrons. The van der Waals surface area contributed by atoms with Crippen LogP contribution in [-0.4, -0.2) is 46.9 Å². The fraction of sp³-hybridized carbons (Fsp3) is 0.375. The van der Waals surface area contributed by atoms with Crippen LogP contribution in [-0.2, 0) is 17.3 Å². The molecule has 0 aliphatic carbocycles. The molecule has 3 aromatic rings. The number of anilines is 1. The van der Waals surface area contributed by atoms with Crippen LogP contribution < -0.4 is 4.90 Å². The van der Waals surface area contributed by atoms with Crippen molar-refractivity contribution in [2.24, 2.45) is 5.92 Å². The Kier molecular flexibility index (Phi) is 6.86. The highest BCUT2D eigenvalue weighted by Gasteiger charge is 2.42. The zero-order valence-electron chi connectivity index (χ0n) is 19.1. The SMILES string of the molecule is COC(=O)c1ccc(-c2ccc(CC(=O)c3oc(N4CCCC(C)C4)nc3C(F)(F)F)nc2)cn1. The van der Waals surface area contributed by atoms with Crippen molar-refractivity contribution >= 4 is 17.8 Å². The predicted octanol–water partition coefficient (Wildman–Crippen LogP) is 4.60. The molecule has 0 bridgehead atoms. The summed E-state index contributed by atoms with van der Waals surface area (Å²) in [6.07, 6.45) is -0.472. The Balaban J connectivity index is 1.51. The topological polar surface area (TPSA) is 98.4 Å². The van der Waals surface area contributed by atoms with E-state index in [4.69, 9.17) is 4.42 Å². The summed E-state index contributed by atoms with van der Waals surface area (Å²) < 4.78 is 50.8. The minimum Gasteiger partial charge on any atom is -0.464 e. The summed E-state index contributed by atoms with van der Waals surface area (Å²) in [6.45, 7) is 3.04. The number of nitrogens with zero attached hydrogens (tertiary/aromatic N) is 4. The second kappa shape index (κ2) is 9.85. The lowest BCUT2D eigenvalue weighted by molar-refractivity contribution is -0.141. The molecule has 0 aromatic carbocycles. The minimum absolute atomic E-state index is 0.150. The molecule has 1 unspecified atom stereocenters. The average Bonchev–Trinajstić information content (AvgIpc) is 3.31. The lowest BCUT2D eigenvalue weighted by atomic mass is 10.0. The van der Waals surface area contributed by atoms with Crippen LogP contribution in [0, 0.1) is 5.92 Å². The van der Waals surface area contributed by atoms with Crippen molar-refractivity contribution in [2.45, 2.75) is 32.4 Å². The number of piperidine rings is 1. The number of hydrogen-bond acceptors (Lipinski definition) is 8. The molecule has 4 heterocycles. The van der Waals surface area contributed by atoms with Crippen LogP contribution in [0.25, 0.3) is 11.1 Å². The molecule has 4 rings (SSSR count). The maximum Gasteiger partial charge on any atom is 0.437 e. The number of aromatic nitrogens is 3. The highest BCUT2D eigenvalue weighted by molar-refractivity contribution is 5.96. The third kappa shape index (κ3) is 5.50. The number of esters is 1. The van der Waals surface area contributed by atoms with Crippen LogP contribution in [0.4, 0.5) is 19.2 Å². The number of Topliss-reactive ketones (excluding diaryl/α,β-unsaturated/α-hetero) is 1. The third-order valence-electron chi connectivity index (χ3n) is 5.72. The quantitative estimate of drug-likeness (QED) is 0.367. The second-order valence-corrected chi connectivity index (χ2v) is 8.43. The van der Waals surface area contributed by atoms with Crippen molar-refractivity contribution in [3.63, 3.8) is 0 Å². The highest BCUT2D eigenvalue weighted by Crippen LogP contribution is 2.35. The van der Waals surface area contributed by atoms with Gasteiger partial charge < -0.3 is 14.1 Å². The Morgan fingerprint density at radius 1 is 1.14 bits per heavy atom. The fourth-order valence-corrected chi connectivity index (χ4v) is 3.92. The minimum atomic E-state index is -4.82. The van der Waals surface area contributed by atoms with Crippen molar-refractivity contribution in [3.8, 4) is 11.1 Å². The van der Waals surface area contributed by atoms with E-state index in [2.05, 4.69) is 19.7 Å². The van der Waals surface area contributed by atoms with Crippen LogP contribution in [0.5, 0.6) is 0 Å². The van der Waals surface area contributed by atoms with Gasteiger partial charge in [0.1, 0.15) is 5.69 Å². The summed E-state index contributed by atoms with van der Waals surface area (Å²) in [5, 5.41) is 0. The van der Waals surface area contributed by atoms with Crippen LogP contribution in [0.15, 0.2) is 41.1 Å². The van der Waals surface area contributed by atoms with Crippen LogP contribution >= 0.6 is 0 Å². The van der Waals surface area contributed by atoms with E-state index in [0.29, 0.717) is 30.1 Å². The maximum absolute atomic E-state index is 13.6. The summed E-state index contributed by atoms with van der Waals surface area (Å²) in [4.78, 5) is 37.8. The molecule has 1 atom stereocenters. The van der Waals surface area contributed by atoms with E-state index >= 15 is 0 Å². The number of carbonyl (C=O) groups is 2. The first-order valence-corrected chi connectivity index (χ1v) is 11.0. The van der Waals surface area contributed by atoms with Gasteiger partial charge >= 0.3 is 12.1 Å². The molecule has 1 saturated heterocycles. The summed E-state index contributed by atoms with van der Waals surface area (Å²) in [6, 6.07) is 6.18. The van der Waals surface area contributed by atoms with E-state index in [9.17, 15) is 22.8 Å². The number of hydrogen-bond donors (Lipinski definition) is 0. The largest absolute Gasteiger partial charge is 0.464 e. The summed E-state index contributed by atoms with van der Waals surface area (Å²) in [7, 11) is 1.26.